The Morgan fingerprint density at radius 3 is 2.95 bits per heavy atom. The van der Waals surface area contributed by atoms with Crippen LogP contribution in [0, 0.1) is 0 Å². The molecule has 1 N–H and O–H groups in total. The molecule has 2 heterocycles. The maximum Gasteiger partial charge on any atom is 0.232 e. The summed E-state index contributed by atoms with van der Waals surface area (Å²) in [6, 6.07) is 0. The zero-order valence-electron chi connectivity index (χ0n) is 11.9. The van der Waals surface area contributed by atoms with Crippen molar-refractivity contribution in [1.82, 2.24) is 15.0 Å². The number of aliphatic hydroxyl groups is 1. The van der Waals surface area contributed by atoms with Gasteiger partial charge in [-0.1, -0.05) is 19.0 Å². The zero-order valence-corrected chi connectivity index (χ0v) is 11.9. The number of ether oxygens (including phenoxy) is 1. The molecule has 3 unspecified atom stereocenters. The summed E-state index contributed by atoms with van der Waals surface area (Å²) in [4.78, 5) is 6.71. The first kappa shape index (κ1) is 14.4. The zero-order chi connectivity index (χ0) is 13.8. The summed E-state index contributed by atoms with van der Waals surface area (Å²) in [6.45, 7) is 9.27. The first-order valence-electron chi connectivity index (χ1n) is 6.97. The third-order valence-electron chi connectivity index (χ3n) is 3.55. The Morgan fingerprint density at radius 2 is 2.26 bits per heavy atom. The average Bonchev–Trinajstić information content (AvgIpc) is 2.88. The van der Waals surface area contributed by atoms with Crippen LogP contribution >= 0.6 is 0 Å². The van der Waals surface area contributed by atoms with Gasteiger partial charge in [0.15, 0.2) is 0 Å². The molecular weight excluding hydrogens is 246 g/mol. The quantitative estimate of drug-likeness (QED) is 0.869. The van der Waals surface area contributed by atoms with Crippen LogP contribution in [0.25, 0.3) is 0 Å². The van der Waals surface area contributed by atoms with E-state index in [1.807, 2.05) is 6.92 Å². The number of hydrogen-bond acceptors (Lipinski definition) is 6. The van der Waals surface area contributed by atoms with Gasteiger partial charge in [-0.2, -0.15) is 4.98 Å². The third kappa shape index (κ3) is 3.52. The van der Waals surface area contributed by atoms with Crippen LogP contribution in [0.3, 0.4) is 0 Å². The van der Waals surface area contributed by atoms with Gasteiger partial charge in [0.25, 0.3) is 0 Å². The lowest BCUT2D eigenvalue weighted by Gasteiger charge is -2.30. The fourth-order valence-electron chi connectivity index (χ4n) is 2.15. The van der Waals surface area contributed by atoms with E-state index in [0.29, 0.717) is 18.3 Å². The monoisotopic (exact) mass is 269 g/mol. The predicted molar refractivity (Wildman–Crippen MR) is 69.8 cm³/mol. The van der Waals surface area contributed by atoms with Gasteiger partial charge in [-0.3, -0.25) is 4.90 Å². The van der Waals surface area contributed by atoms with Crippen molar-refractivity contribution in [3.8, 4) is 0 Å². The number of morpholine rings is 1. The molecule has 19 heavy (non-hydrogen) atoms. The van der Waals surface area contributed by atoms with E-state index in [-0.39, 0.29) is 12.0 Å². The largest absolute Gasteiger partial charge is 0.393 e. The van der Waals surface area contributed by atoms with Gasteiger partial charge in [-0.05, 0) is 19.9 Å². The van der Waals surface area contributed by atoms with E-state index in [1.54, 1.807) is 6.92 Å². The van der Waals surface area contributed by atoms with Crippen LogP contribution in [-0.4, -0.2) is 52.5 Å². The van der Waals surface area contributed by atoms with Crippen molar-refractivity contribution in [3.05, 3.63) is 11.7 Å². The van der Waals surface area contributed by atoms with E-state index >= 15 is 0 Å². The summed E-state index contributed by atoms with van der Waals surface area (Å²) in [6.07, 6.45) is 0.500. The molecule has 108 valence electrons. The molecule has 0 spiro atoms. The van der Waals surface area contributed by atoms with Crippen molar-refractivity contribution in [1.29, 1.82) is 0 Å². The molecular formula is C13H23N3O3. The fraction of sp³-hybridized carbons (Fsp3) is 0.846. The summed E-state index contributed by atoms with van der Waals surface area (Å²) in [5, 5.41) is 13.5. The van der Waals surface area contributed by atoms with Crippen LogP contribution in [0.5, 0.6) is 0 Å². The maximum atomic E-state index is 9.54. The van der Waals surface area contributed by atoms with Crippen LogP contribution < -0.4 is 0 Å². The lowest BCUT2D eigenvalue weighted by atomic mass is 10.1. The van der Waals surface area contributed by atoms with Crippen LogP contribution in [0.1, 0.15) is 50.9 Å². The molecule has 0 saturated carbocycles. The second kappa shape index (κ2) is 6.45. The minimum Gasteiger partial charge on any atom is -0.393 e. The predicted octanol–water partition coefficient (Wildman–Crippen LogP) is 1.34. The summed E-state index contributed by atoms with van der Waals surface area (Å²) in [7, 11) is 0. The number of nitrogens with zero attached hydrogens (tertiary/aromatic N) is 3. The molecule has 0 aromatic carbocycles. The third-order valence-corrected chi connectivity index (χ3v) is 3.55. The number of hydrogen-bond donors (Lipinski definition) is 1. The molecule has 1 aliphatic heterocycles. The summed E-state index contributed by atoms with van der Waals surface area (Å²) < 4.78 is 10.9. The van der Waals surface area contributed by atoms with Crippen molar-refractivity contribution in [2.75, 3.05) is 26.2 Å². The van der Waals surface area contributed by atoms with Gasteiger partial charge in [0.2, 0.25) is 11.7 Å². The van der Waals surface area contributed by atoms with Gasteiger partial charge in [-0.25, -0.2) is 0 Å². The molecule has 1 aromatic heterocycles. The Balaban J connectivity index is 2.01. The molecule has 1 saturated heterocycles. The van der Waals surface area contributed by atoms with Gasteiger partial charge in [0, 0.05) is 13.1 Å². The lowest BCUT2D eigenvalue weighted by Crippen LogP contribution is -2.39. The number of aromatic nitrogens is 2. The Labute approximate surface area is 113 Å². The molecule has 0 radical (unpaired) electrons. The Morgan fingerprint density at radius 1 is 1.47 bits per heavy atom. The summed E-state index contributed by atoms with van der Waals surface area (Å²) >= 11 is 0. The molecule has 6 nitrogen and oxygen atoms in total. The van der Waals surface area contributed by atoms with E-state index in [1.165, 1.54) is 0 Å². The normalized spacial score (nSPS) is 24.3. The molecule has 0 aliphatic carbocycles. The Hall–Kier alpha value is -0.980. The van der Waals surface area contributed by atoms with E-state index < -0.39 is 6.10 Å². The van der Waals surface area contributed by atoms with Crippen molar-refractivity contribution in [2.24, 2.45) is 0 Å². The first-order chi connectivity index (χ1) is 9.11. The highest BCUT2D eigenvalue weighted by Gasteiger charge is 2.27. The standard InChI is InChI=1S/C13H23N3O3/c1-4-5-16-6-7-18-11(8-16)12-14-13(19-15-12)9(2)10(3)17/h9-11,17H,4-8H2,1-3H3. The average molecular weight is 269 g/mol. The van der Waals surface area contributed by atoms with E-state index in [9.17, 15) is 5.11 Å². The highest BCUT2D eigenvalue weighted by atomic mass is 16.5. The van der Waals surface area contributed by atoms with E-state index in [4.69, 9.17) is 9.26 Å². The van der Waals surface area contributed by atoms with E-state index in [2.05, 4.69) is 22.0 Å². The molecule has 1 aliphatic rings. The molecule has 0 amide bonds. The SMILES string of the molecule is CCCN1CCOC(c2noc(C(C)C(C)O)n2)C1. The van der Waals surface area contributed by atoms with Crippen LogP contribution in [-0.2, 0) is 4.74 Å². The van der Waals surface area contributed by atoms with E-state index in [0.717, 1.165) is 26.1 Å². The van der Waals surface area contributed by atoms with Crippen molar-refractivity contribution < 1.29 is 14.4 Å². The van der Waals surface area contributed by atoms with Crippen molar-refractivity contribution >= 4 is 0 Å². The molecule has 1 fully saturated rings. The first-order valence-corrected chi connectivity index (χ1v) is 6.97. The van der Waals surface area contributed by atoms with Gasteiger partial charge in [0.1, 0.15) is 6.10 Å². The molecule has 1 aromatic rings. The molecule has 2 rings (SSSR count). The van der Waals surface area contributed by atoms with Gasteiger partial charge in [0.05, 0.1) is 18.6 Å². The van der Waals surface area contributed by atoms with Crippen molar-refractivity contribution in [3.63, 3.8) is 0 Å². The smallest absolute Gasteiger partial charge is 0.232 e. The fourth-order valence-corrected chi connectivity index (χ4v) is 2.15. The van der Waals surface area contributed by atoms with Gasteiger partial charge in [-0.15, -0.1) is 0 Å². The van der Waals surface area contributed by atoms with Gasteiger partial charge < -0.3 is 14.4 Å². The maximum absolute atomic E-state index is 9.54. The highest BCUT2D eigenvalue weighted by molar-refractivity contribution is 4.98. The summed E-state index contributed by atoms with van der Waals surface area (Å²) in [5.41, 5.74) is 0. The minimum atomic E-state index is -0.503. The summed E-state index contributed by atoms with van der Waals surface area (Å²) in [5.74, 6) is 0.904. The Bertz CT molecular complexity index is 392. The van der Waals surface area contributed by atoms with Crippen LogP contribution in [0.4, 0.5) is 0 Å². The molecule has 6 heteroatoms. The van der Waals surface area contributed by atoms with Crippen LogP contribution in [0.15, 0.2) is 4.52 Å². The van der Waals surface area contributed by atoms with Crippen molar-refractivity contribution in [2.45, 2.75) is 45.3 Å². The number of aliphatic hydroxyl groups excluding tert-OH is 1. The lowest BCUT2D eigenvalue weighted by molar-refractivity contribution is -0.0350. The molecule has 0 bridgehead atoms. The Kier molecular flexibility index (Phi) is 4.90. The van der Waals surface area contributed by atoms with Crippen LogP contribution in [0.2, 0.25) is 0 Å². The second-order valence-electron chi connectivity index (χ2n) is 5.18. The minimum absolute atomic E-state index is 0.126. The number of rotatable bonds is 5. The topological polar surface area (TPSA) is 71.6 Å². The van der Waals surface area contributed by atoms with Gasteiger partial charge >= 0.3 is 0 Å². The molecule has 3 atom stereocenters. The highest BCUT2D eigenvalue weighted by Crippen LogP contribution is 2.23. The second-order valence-corrected chi connectivity index (χ2v) is 5.18.